The number of pyridine rings is 1. The number of benzene rings is 2. The van der Waals surface area contributed by atoms with E-state index in [-0.39, 0.29) is 31.6 Å². The zero-order valence-corrected chi connectivity index (χ0v) is 16.8. The van der Waals surface area contributed by atoms with Crippen LogP contribution < -0.4 is 0 Å². The Hall–Kier alpha value is -2.29. The zero-order valence-electron chi connectivity index (χ0n) is 14.4. The number of ketones is 1. The van der Waals surface area contributed by atoms with Crippen LogP contribution in [0.5, 0.6) is 0 Å². The van der Waals surface area contributed by atoms with Gasteiger partial charge in [0, 0.05) is 32.4 Å². The van der Waals surface area contributed by atoms with E-state index in [4.69, 9.17) is 5.11 Å². The van der Waals surface area contributed by atoms with Crippen molar-refractivity contribution in [3.05, 3.63) is 78.2 Å². The molecule has 4 heteroatoms. The number of hydrogen-bond acceptors (Lipinski definition) is 3. The summed E-state index contributed by atoms with van der Waals surface area (Å²) in [5.74, 6) is -0.0625. The Morgan fingerprint density at radius 2 is 1.84 bits per heavy atom. The number of hydrogen-bond donors (Lipinski definition) is 1. The minimum absolute atomic E-state index is 0. The van der Waals surface area contributed by atoms with Gasteiger partial charge in [-0.25, -0.2) is 0 Å². The maximum atomic E-state index is 10.0. The Kier molecular flexibility index (Phi) is 8.20. The molecule has 1 heterocycles. The van der Waals surface area contributed by atoms with E-state index in [2.05, 4.69) is 42.2 Å². The summed E-state index contributed by atoms with van der Waals surface area (Å²) in [4.78, 5) is 14.5. The fourth-order valence-electron chi connectivity index (χ4n) is 2.28. The largest absolute Gasteiger partial charge is 0.512 e. The van der Waals surface area contributed by atoms with Gasteiger partial charge in [0.05, 0.1) is 5.76 Å². The van der Waals surface area contributed by atoms with E-state index < -0.39 is 0 Å². The summed E-state index contributed by atoms with van der Waals surface area (Å²) in [5.41, 5.74) is 3.27. The number of aliphatic hydroxyl groups excluding tert-OH is 1. The van der Waals surface area contributed by atoms with E-state index >= 15 is 0 Å². The van der Waals surface area contributed by atoms with Crippen molar-refractivity contribution < 1.29 is 30.0 Å². The van der Waals surface area contributed by atoms with Crippen molar-refractivity contribution in [1.82, 2.24) is 4.98 Å². The molecule has 1 radical (unpaired) electrons. The molecule has 1 aromatic heterocycles. The quantitative estimate of drug-likeness (QED) is 0.298. The molecule has 0 amide bonds. The van der Waals surface area contributed by atoms with Gasteiger partial charge in [-0.2, -0.15) is 0 Å². The number of carbonyl (C=O) groups is 1. The SMILES string of the molecule is CC(=O)C=C(C)O.Cc1c[c-]c(-c2nccc3ccccc23)cc1.[Ir]. The standard InChI is InChI=1S/C16H12N.C5H8O2.Ir/c1-12-6-8-14(9-7-12)16-15-5-3-2-4-13(15)10-11-17-16;1-4(6)3-5(2)7;/h2-8,10-11H,1H3;3,6H,1-2H3;/q-1;;. The smallest absolute Gasteiger partial charge is 0.155 e. The minimum atomic E-state index is -0.125. The molecule has 0 unspecified atom stereocenters. The van der Waals surface area contributed by atoms with Crippen LogP contribution in [0.3, 0.4) is 0 Å². The van der Waals surface area contributed by atoms with E-state index in [9.17, 15) is 4.79 Å². The third kappa shape index (κ3) is 6.26. The molecule has 0 aliphatic rings. The third-order valence-electron chi connectivity index (χ3n) is 3.31. The first-order valence-electron chi connectivity index (χ1n) is 7.67. The van der Waals surface area contributed by atoms with E-state index in [1.54, 1.807) is 0 Å². The first kappa shape index (κ1) is 20.8. The summed E-state index contributed by atoms with van der Waals surface area (Å²) in [5, 5.41) is 10.8. The topological polar surface area (TPSA) is 50.2 Å². The predicted molar refractivity (Wildman–Crippen MR) is 97.8 cm³/mol. The summed E-state index contributed by atoms with van der Waals surface area (Å²) < 4.78 is 0. The van der Waals surface area contributed by atoms with Crippen molar-refractivity contribution in [3.8, 4) is 11.3 Å². The molecule has 0 saturated carbocycles. The van der Waals surface area contributed by atoms with Crippen molar-refractivity contribution in [2.24, 2.45) is 0 Å². The second-order valence-electron chi connectivity index (χ2n) is 5.56. The van der Waals surface area contributed by atoms with Crippen LogP contribution in [-0.2, 0) is 24.9 Å². The van der Waals surface area contributed by atoms with Crippen molar-refractivity contribution in [3.63, 3.8) is 0 Å². The molecule has 0 atom stereocenters. The first-order valence-corrected chi connectivity index (χ1v) is 7.67. The Morgan fingerprint density at radius 3 is 2.40 bits per heavy atom. The molecule has 0 bridgehead atoms. The molecular weight excluding hydrogens is 490 g/mol. The van der Waals surface area contributed by atoms with Crippen LogP contribution in [0.25, 0.3) is 22.0 Å². The van der Waals surface area contributed by atoms with Crippen molar-refractivity contribution in [1.29, 1.82) is 0 Å². The normalized spacial score (nSPS) is 10.4. The Balaban J connectivity index is 0.000000339. The zero-order chi connectivity index (χ0) is 17.5. The van der Waals surface area contributed by atoms with Crippen molar-refractivity contribution in [2.45, 2.75) is 20.8 Å². The molecule has 2 aromatic carbocycles. The minimum Gasteiger partial charge on any atom is -0.512 e. The fourth-order valence-corrected chi connectivity index (χ4v) is 2.28. The second kappa shape index (κ2) is 9.87. The Morgan fingerprint density at radius 1 is 1.12 bits per heavy atom. The van der Waals surface area contributed by atoms with E-state index in [0.29, 0.717) is 0 Å². The van der Waals surface area contributed by atoms with Gasteiger partial charge in [0.25, 0.3) is 0 Å². The maximum absolute atomic E-state index is 10.0. The van der Waals surface area contributed by atoms with Crippen LogP contribution >= 0.6 is 0 Å². The summed E-state index contributed by atoms with van der Waals surface area (Å²) in [7, 11) is 0. The molecular formula is C21H20IrNO2-. The van der Waals surface area contributed by atoms with Crippen LogP contribution in [0, 0.1) is 13.0 Å². The molecule has 3 aromatic rings. The van der Waals surface area contributed by atoms with Crippen LogP contribution in [0.2, 0.25) is 0 Å². The fraction of sp³-hybridized carbons (Fsp3) is 0.143. The van der Waals surface area contributed by atoms with Crippen LogP contribution in [0.1, 0.15) is 19.4 Å². The number of aryl methyl sites for hydroxylation is 1. The van der Waals surface area contributed by atoms with Gasteiger partial charge in [0.2, 0.25) is 0 Å². The number of aliphatic hydroxyl groups is 1. The van der Waals surface area contributed by atoms with Gasteiger partial charge in [-0.05, 0) is 36.4 Å². The number of carbonyl (C=O) groups excluding carboxylic acids is 1. The van der Waals surface area contributed by atoms with Crippen LogP contribution in [0.15, 0.2) is 66.6 Å². The number of allylic oxidation sites excluding steroid dienone is 2. The molecule has 0 aliphatic carbocycles. The number of aromatic nitrogens is 1. The molecule has 131 valence electrons. The van der Waals surface area contributed by atoms with E-state index in [1.165, 1.54) is 36.3 Å². The summed E-state index contributed by atoms with van der Waals surface area (Å²) in [6, 6.07) is 19.8. The molecule has 0 saturated heterocycles. The van der Waals surface area contributed by atoms with E-state index in [1.807, 2.05) is 30.5 Å². The van der Waals surface area contributed by atoms with Crippen molar-refractivity contribution in [2.75, 3.05) is 0 Å². The van der Waals surface area contributed by atoms with Crippen molar-refractivity contribution >= 4 is 16.6 Å². The average molecular weight is 511 g/mol. The second-order valence-corrected chi connectivity index (χ2v) is 5.56. The first-order chi connectivity index (χ1) is 11.5. The monoisotopic (exact) mass is 511 g/mol. The van der Waals surface area contributed by atoms with Gasteiger partial charge in [-0.15, -0.1) is 35.4 Å². The molecule has 0 fully saturated rings. The Bertz CT molecular complexity index is 861. The van der Waals surface area contributed by atoms with Gasteiger partial charge in [-0.1, -0.05) is 31.2 Å². The maximum Gasteiger partial charge on any atom is 0.155 e. The van der Waals surface area contributed by atoms with Gasteiger partial charge in [-0.3, -0.25) is 4.79 Å². The summed E-state index contributed by atoms with van der Waals surface area (Å²) in [6.45, 7) is 4.91. The van der Waals surface area contributed by atoms with Gasteiger partial charge in [0.1, 0.15) is 0 Å². The summed E-state index contributed by atoms with van der Waals surface area (Å²) >= 11 is 0. The third-order valence-corrected chi connectivity index (χ3v) is 3.31. The molecule has 1 N–H and O–H groups in total. The van der Waals surface area contributed by atoms with E-state index in [0.717, 1.165) is 11.3 Å². The number of rotatable bonds is 2. The van der Waals surface area contributed by atoms with Crippen LogP contribution in [-0.4, -0.2) is 15.9 Å². The van der Waals surface area contributed by atoms with Crippen LogP contribution in [0.4, 0.5) is 0 Å². The van der Waals surface area contributed by atoms with Gasteiger partial charge in [0.15, 0.2) is 5.78 Å². The number of fused-ring (bicyclic) bond motifs is 1. The van der Waals surface area contributed by atoms with Gasteiger partial charge < -0.3 is 10.1 Å². The molecule has 3 rings (SSSR count). The molecule has 0 aliphatic heterocycles. The molecule has 0 spiro atoms. The molecule has 3 nitrogen and oxygen atoms in total. The van der Waals surface area contributed by atoms with Gasteiger partial charge >= 0.3 is 0 Å². The Labute approximate surface area is 161 Å². The number of nitrogens with zero attached hydrogens (tertiary/aromatic N) is 1. The predicted octanol–water partition coefficient (Wildman–Crippen LogP) is 5.05. The summed E-state index contributed by atoms with van der Waals surface area (Å²) in [6.07, 6.45) is 3.02. The average Bonchev–Trinajstić information content (AvgIpc) is 2.54. The molecule has 25 heavy (non-hydrogen) atoms.